The van der Waals surface area contributed by atoms with Gasteiger partial charge in [0.15, 0.2) is 11.5 Å². The lowest BCUT2D eigenvalue weighted by molar-refractivity contribution is -0.385. The number of rotatable bonds is 4. The van der Waals surface area contributed by atoms with Crippen LogP contribution in [0.1, 0.15) is 27.8 Å². The lowest BCUT2D eigenvalue weighted by Crippen LogP contribution is -2.02. The molecule has 0 saturated carbocycles. The van der Waals surface area contributed by atoms with Gasteiger partial charge in [-0.05, 0) is 24.3 Å². The van der Waals surface area contributed by atoms with Gasteiger partial charge in [0.1, 0.15) is 11.3 Å². The second-order valence-corrected chi connectivity index (χ2v) is 4.01. The molecule has 0 radical (unpaired) electrons. The molecule has 0 bridgehead atoms. The fraction of sp³-hybridized carbons (Fsp3) is 0.0769. The van der Waals surface area contributed by atoms with Crippen molar-refractivity contribution in [2.45, 2.75) is 6.92 Å². The summed E-state index contributed by atoms with van der Waals surface area (Å²) in [7, 11) is 0. The first-order valence-corrected chi connectivity index (χ1v) is 5.53. The van der Waals surface area contributed by atoms with Crippen LogP contribution in [0.2, 0.25) is 0 Å². The van der Waals surface area contributed by atoms with Crippen molar-refractivity contribution in [3.05, 3.63) is 51.8 Å². The van der Waals surface area contributed by atoms with Gasteiger partial charge >= 0.3 is 5.97 Å². The van der Waals surface area contributed by atoms with Crippen LogP contribution in [0, 0.1) is 10.1 Å². The normalized spacial score (nSPS) is 10.2. The molecule has 102 valence electrons. The largest absolute Gasteiger partial charge is 0.477 e. The molecule has 2 aromatic rings. The Morgan fingerprint density at radius 3 is 2.45 bits per heavy atom. The average molecular weight is 275 g/mol. The van der Waals surface area contributed by atoms with Gasteiger partial charge in [-0.15, -0.1) is 0 Å². The topological polar surface area (TPSA) is 111 Å². The highest BCUT2D eigenvalue weighted by molar-refractivity contribution is 5.94. The molecule has 1 heterocycles. The second kappa shape index (κ2) is 4.96. The number of aromatic carboxylic acids is 1. The van der Waals surface area contributed by atoms with Crippen molar-refractivity contribution < 1.29 is 24.0 Å². The smallest absolute Gasteiger partial charge is 0.342 e. The van der Waals surface area contributed by atoms with Crippen molar-refractivity contribution in [1.82, 2.24) is 0 Å². The fourth-order valence-electron chi connectivity index (χ4n) is 1.70. The number of hydrogen-bond acceptors (Lipinski definition) is 5. The quantitative estimate of drug-likeness (QED) is 0.521. The van der Waals surface area contributed by atoms with Crippen molar-refractivity contribution in [2.24, 2.45) is 0 Å². The molecule has 1 aromatic heterocycles. The molecule has 0 fully saturated rings. The number of ketones is 1. The Hall–Kier alpha value is -2.96. The van der Waals surface area contributed by atoms with Crippen LogP contribution in [-0.4, -0.2) is 21.8 Å². The maximum atomic E-state index is 11.1. The summed E-state index contributed by atoms with van der Waals surface area (Å²) in [6.07, 6.45) is 0. The van der Waals surface area contributed by atoms with Gasteiger partial charge in [0.2, 0.25) is 0 Å². The van der Waals surface area contributed by atoms with E-state index in [1.807, 2.05) is 0 Å². The summed E-state index contributed by atoms with van der Waals surface area (Å²) in [5, 5.41) is 19.7. The van der Waals surface area contributed by atoms with Gasteiger partial charge in [0.25, 0.3) is 5.69 Å². The molecule has 7 heteroatoms. The SMILES string of the molecule is CC(=O)c1ccc(-c2ccc([N+](=O)[O-])c(C(=O)O)c2)o1. The van der Waals surface area contributed by atoms with Gasteiger partial charge in [-0.3, -0.25) is 14.9 Å². The summed E-state index contributed by atoms with van der Waals surface area (Å²) >= 11 is 0. The molecule has 2 rings (SSSR count). The van der Waals surface area contributed by atoms with Crippen LogP contribution in [-0.2, 0) is 0 Å². The van der Waals surface area contributed by atoms with Gasteiger partial charge in [0.05, 0.1) is 4.92 Å². The average Bonchev–Trinajstić information content (AvgIpc) is 2.87. The second-order valence-electron chi connectivity index (χ2n) is 4.01. The zero-order valence-corrected chi connectivity index (χ0v) is 10.3. The molecule has 0 atom stereocenters. The van der Waals surface area contributed by atoms with Crippen molar-refractivity contribution in [1.29, 1.82) is 0 Å². The first kappa shape index (κ1) is 13.5. The summed E-state index contributed by atoms with van der Waals surface area (Å²) in [5.74, 6) is -1.27. The zero-order valence-electron chi connectivity index (χ0n) is 10.3. The number of carboxylic acids is 1. The molecule has 0 aliphatic rings. The number of Topliss-reactive ketones (excluding diaryl/α,β-unsaturated/α-hetero) is 1. The summed E-state index contributed by atoms with van der Waals surface area (Å²) in [5.41, 5.74) is -0.589. The van der Waals surface area contributed by atoms with E-state index >= 15 is 0 Å². The van der Waals surface area contributed by atoms with E-state index in [2.05, 4.69) is 0 Å². The van der Waals surface area contributed by atoms with Crippen molar-refractivity contribution >= 4 is 17.4 Å². The number of hydrogen-bond donors (Lipinski definition) is 1. The molecular formula is C13H9NO6. The van der Waals surface area contributed by atoms with Crippen molar-refractivity contribution in [3.63, 3.8) is 0 Å². The molecular weight excluding hydrogens is 266 g/mol. The number of carbonyl (C=O) groups is 2. The highest BCUT2D eigenvalue weighted by Crippen LogP contribution is 2.28. The molecule has 0 spiro atoms. The highest BCUT2D eigenvalue weighted by atomic mass is 16.6. The Morgan fingerprint density at radius 1 is 1.25 bits per heavy atom. The van der Waals surface area contributed by atoms with Gasteiger partial charge < -0.3 is 9.52 Å². The van der Waals surface area contributed by atoms with Gasteiger partial charge in [-0.25, -0.2) is 4.79 Å². The molecule has 1 aromatic carbocycles. The van der Waals surface area contributed by atoms with E-state index in [1.54, 1.807) is 0 Å². The summed E-state index contributed by atoms with van der Waals surface area (Å²) in [6.45, 7) is 1.33. The summed E-state index contributed by atoms with van der Waals surface area (Å²) in [4.78, 5) is 32.1. The molecule has 7 nitrogen and oxygen atoms in total. The number of benzene rings is 1. The van der Waals surface area contributed by atoms with E-state index in [1.165, 1.54) is 25.1 Å². The van der Waals surface area contributed by atoms with Crippen LogP contribution in [0.15, 0.2) is 34.7 Å². The number of nitrogens with zero attached hydrogens (tertiary/aromatic N) is 1. The van der Waals surface area contributed by atoms with E-state index in [9.17, 15) is 19.7 Å². The van der Waals surface area contributed by atoms with E-state index in [0.29, 0.717) is 5.56 Å². The number of nitro groups is 1. The van der Waals surface area contributed by atoms with Crippen molar-refractivity contribution in [2.75, 3.05) is 0 Å². The van der Waals surface area contributed by atoms with Gasteiger partial charge in [-0.2, -0.15) is 0 Å². The Morgan fingerprint density at radius 2 is 1.95 bits per heavy atom. The molecule has 20 heavy (non-hydrogen) atoms. The molecule has 0 unspecified atom stereocenters. The van der Waals surface area contributed by atoms with Crippen LogP contribution in [0.25, 0.3) is 11.3 Å². The summed E-state index contributed by atoms with van der Waals surface area (Å²) < 4.78 is 5.25. The van der Waals surface area contributed by atoms with E-state index < -0.39 is 22.1 Å². The Balaban J connectivity index is 2.52. The molecule has 0 saturated heterocycles. The van der Waals surface area contributed by atoms with E-state index in [-0.39, 0.29) is 17.3 Å². The Labute approximate surface area is 112 Å². The third kappa shape index (κ3) is 2.41. The molecule has 0 amide bonds. The van der Waals surface area contributed by atoms with Gasteiger partial charge in [-0.1, -0.05) is 0 Å². The minimum absolute atomic E-state index is 0.134. The maximum absolute atomic E-state index is 11.1. The van der Waals surface area contributed by atoms with Crippen molar-refractivity contribution in [3.8, 4) is 11.3 Å². The number of furan rings is 1. The molecule has 0 aliphatic heterocycles. The first-order chi connectivity index (χ1) is 9.40. The first-order valence-electron chi connectivity index (χ1n) is 5.53. The molecule has 0 aliphatic carbocycles. The summed E-state index contributed by atoms with van der Waals surface area (Å²) in [6, 6.07) is 6.56. The van der Waals surface area contributed by atoms with E-state index in [4.69, 9.17) is 9.52 Å². The van der Waals surface area contributed by atoms with Gasteiger partial charge in [0, 0.05) is 18.6 Å². The van der Waals surface area contributed by atoms with E-state index in [0.717, 1.165) is 12.1 Å². The number of nitro benzene ring substituents is 1. The van der Waals surface area contributed by atoms with Crippen LogP contribution < -0.4 is 0 Å². The molecule has 1 N–H and O–H groups in total. The number of carbonyl (C=O) groups excluding carboxylic acids is 1. The minimum Gasteiger partial charge on any atom is -0.477 e. The minimum atomic E-state index is -1.41. The third-order valence-corrected chi connectivity index (χ3v) is 2.66. The predicted molar refractivity (Wildman–Crippen MR) is 67.8 cm³/mol. The van der Waals surface area contributed by atoms with Crippen LogP contribution >= 0.6 is 0 Å². The maximum Gasteiger partial charge on any atom is 0.342 e. The highest BCUT2D eigenvalue weighted by Gasteiger charge is 2.21. The Kier molecular flexibility index (Phi) is 3.34. The zero-order chi connectivity index (χ0) is 14.9. The van der Waals surface area contributed by atoms with Crippen LogP contribution in [0.3, 0.4) is 0 Å². The predicted octanol–water partition coefficient (Wildman–Crippen LogP) is 2.76. The monoisotopic (exact) mass is 275 g/mol. The lowest BCUT2D eigenvalue weighted by Gasteiger charge is -2.01. The van der Waals surface area contributed by atoms with Crippen LogP contribution in [0.5, 0.6) is 0 Å². The fourth-order valence-corrected chi connectivity index (χ4v) is 1.70. The third-order valence-electron chi connectivity index (χ3n) is 2.66. The van der Waals surface area contributed by atoms with Crippen LogP contribution in [0.4, 0.5) is 5.69 Å². The standard InChI is InChI=1S/C13H9NO6/c1-7(15)11-4-5-12(20-11)8-2-3-10(14(18)19)9(6-8)13(16)17/h2-6H,1H3,(H,16,17). The number of carboxylic acid groups (broad SMARTS) is 1. The lowest BCUT2D eigenvalue weighted by atomic mass is 10.1. The Bertz CT molecular complexity index is 715.